The molecular weight excluding hydrogens is 354 g/mol. The van der Waals surface area contributed by atoms with Crippen LogP contribution in [0.4, 0.5) is 11.5 Å². The molecule has 7 heteroatoms. The number of amides is 1. The number of pyridine rings is 1. The zero-order valence-electron chi connectivity index (χ0n) is 16.9. The number of rotatable bonds is 7. The standard InChI is InChI=1S/C21H29N5O2/c1-24(2)11-10-23-21(27)17-8-9-22-20(16-17)26-14-12-25(13-15-26)18-4-6-19(28-3)7-5-18/h4-9,16H,10-15H2,1-3H3,(H,23,27). The van der Waals surface area contributed by atoms with Crippen LogP contribution in [0.5, 0.6) is 5.75 Å². The maximum absolute atomic E-state index is 12.4. The number of hydrogen-bond acceptors (Lipinski definition) is 6. The van der Waals surface area contributed by atoms with E-state index in [1.807, 2.05) is 37.2 Å². The lowest BCUT2D eigenvalue weighted by Crippen LogP contribution is -2.46. The third-order valence-corrected chi connectivity index (χ3v) is 4.89. The van der Waals surface area contributed by atoms with Crippen molar-refractivity contribution >= 4 is 17.4 Å². The zero-order valence-corrected chi connectivity index (χ0v) is 16.9. The van der Waals surface area contributed by atoms with E-state index in [0.29, 0.717) is 12.1 Å². The van der Waals surface area contributed by atoms with Crippen molar-refractivity contribution in [3.05, 3.63) is 48.2 Å². The number of aromatic nitrogens is 1. The molecule has 7 nitrogen and oxygen atoms in total. The zero-order chi connectivity index (χ0) is 19.9. The molecule has 1 N–H and O–H groups in total. The molecule has 0 bridgehead atoms. The molecule has 2 aromatic rings. The topological polar surface area (TPSA) is 60.9 Å². The highest BCUT2D eigenvalue weighted by molar-refractivity contribution is 5.94. The molecule has 0 aliphatic carbocycles. The van der Waals surface area contributed by atoms with Gasteiger partial charge in [0, 0.05) is 56.7 Å². The summed E-state index contributed by atoms with van der Waals surface area (Å²) in [6.45, 7) is 5.00. The van der Waals surface area contributed by atoms with Gasteiger partial charge in [-0.2, -0.15) is 0 Å². The van der Waals surface area contributed by atoms with E-state index < -0.39 is 0 Å². The second-order valence-electron chi connectivity index (χ2n) is 7.13. The van der Waals surface area contributed by atoms with Crippen LogP contribution in [0.25, 0.3) is 0 Å². The highest BCUT2D eigenvalue weighted by atomic mass is 16.5. The minimum atomic E-state index is -0.0534. The number of benzene rings is 1. The van der Waals surface area contributed by atoms with E-state index in [4.69, 9.17) is 4.74 Å². The van der Waals surface area contributed by atoms with E-state index in [9.17, 15) is 4.79 Å². The van der Waals surface area contributed by atoms with Crippen LogP contribution < -0.4 is 19.9 Å². The molecule has 1 saturated heterocycles. The Hall–Kier alpha value is -2.80. The molecule has 150 valence electrons. The number of nitrogens with one attached hydrogen (secondary N) is 1. The van der Waals surface area contributed by atoms with Gasteiger partial charge in [0.25, 0.3) is 5.91 Å². The maximum atomic E-state index is 12.4. The van der Waals surface area contributed by atoms with Crippen LogP contribution in [0.3, 0.4) is 0 Å². The molecule has 0 unspecified atom stereocenters. The lowest BCUT2D eigenvalue weighted by Gasteiger charge is -2.36. The fourth-order valence-corrected chi connectivity index (χ4v) is 3.21. The van der Waals surface area contributed by atoms with Crippen molar-refractivity contribution in [3.8, 4) is 5.75 Å². The van der Waals surface area contributed by atoms with Gasteiger partial charge >= 0.3 is 0 Å². The quantitative estimate of drug-likeness (QED) is 0.786. The number of carbonyl (C=O) groups excluding carboxylic acids is 1. The Morgan fingerprint density at radius 1 is 1.11 bits per heavy atom. The second-order valence-corrected chi connectivity index (χ2v) is 7.13. The number of nitrogens with zero attached hydrogens (tertiary/aromatic N) is 4. The van der Waals surface area contributed by atoms with Crippen molar-refractivity contribution in [1.29, 1.82) is 0 Å². The summed E-state index contributed by atoms with van der Waals surface area (Å²) < 4.78 is 5.23. The van der Waals surface area contributed by atoms with Crippen LogP contribution in [0.2, 0.25) is 0 Å². The molecule has 2 heterocycles. The van der Waals surface area contributed by atoms with Crippen LogP contribution in [0, 0.1) is 0 Å². The lowest BCUT2D eigenvalue weighted by atomic mass is 10.2. The van der Waals surface area contributed by atoms with Gasteiger partial charge in [0.05, 0.1) is 7.11 Å². The smallest absolute Gasteiger partial charge is 0.251 e. The molecular formula is C21H29N5O2. The first kappa shape index (κ1) is 19.9. The van der Waals surface area contributed by atoms with Gasteiger partial charge in [0.15, 0.2) is 0 Å². The van der Waals surface area contributed by atoms with E-state index in [0.717, 1.165) is 44.3 Å². The van der Waals surface area contributed by atoms with E-state index in [1.54, 1.807) is 19.4 Å². The summed E-state index contributed by atoms with van der Waals surface area (Å²) in [6.07, 6.45) is 1.71. The van der Waals surface area contributed by atoms with Crippen molar-refractivity contribution in [2.45, 2.75) is 0 Å². The van der Waals surface area contributed by atoms with Gasteiger partial charge in [-0.15, -0.1) is 0 Å². The van der Waals surface area contributed by atoms with Crippen molar-refractivity contribution in [2.24, 2.45) is 0 Å². The number of anilines is 2. The molecule has 1 aliphatic heterocycles. The van der Waals surface area contributed by atoms with E-state index >= 15 is 0 Å². The predicted octanol–water partition coefficient (Wildman–Crippen LogP) is 1.71. The van der Waals surface area contributed by atoms with E-state index in [2.05, 4.69) is 32.2 Å². The van der Waals surface area contributed by atoms with E-state index in [1.165, 1.54) is 5.69 Å². The number of piperazine rings is 1. The van der Waals surface area contributed by atoms with Crippen molar-refractivity contribution in [1.82, 2.24) is 15.2 Å². The molecule has 0 radical (unpaired) electrons. The van der Waals surface area contributed by atoms with Crippen LogP contribution in [-0.2, 0) is 0 Å². The monoisotopic (exact) mass is 383 g/mol. The van der Waals surface area contributed by atoms with Crippen LogP contribution in [0.1, 0.15) is 10.4 Å². The van der Waals surface area contributed by atoms with Crippen LogP contribution in [0.15, 0.2) is 42.6 Å². The first-order chi connectivity index (χ1) is 13.6. The van der Waals surface area contributed by atoms with Gasteiger partial charge in [-0.25, -0.2) is 4.98 Å². The Bertz CT molecular complexity index is 771. The van der Waals surface area contributed by atoms with Gasteiger partial charge in [-0.05, 0) is 50.5 Å². The fourth-order valence-electron chi connectivity index (χ4n) is 3.21. The fraction of sp³-hybridized carbons (Fsp3) is 0.429. The van der Waals surface area contributed by atoms with Crippen molar-refractivity contribution in [2.75, 3.05) is 70.3 Å². The molecule has 1 fully saturated rings. The van der Waals surface area contributed by atoms with Gasteiger partial charge < -0.3 is 24.8 Å². The average molecular weight is 383 g/mol. The Balaban J connectivity index is 1.57. The number of carbonyl (C=O) groups is 1. The summed E-state index contributed by atoms with van der Waals surface area (Å²) in [5.74, 6) is 1.67. The van der Waals surface area contributed by atoms with Crippen LogP contribution >= 0.6 is 0 Å². The summed E-state index contributed by atoms with van der Waals surface area (Å²) in [6, 6.07) is 11.8. The third kappa shape index (κ3) is 5.13. The van der Waals surface area contributed by atoms with E-state index in [-0.39, 0.29) is 5.91 Å². The molecule has 0 saturated carbocycles. The minimum Gasteiger partial charge on any atom is -0.497 e. The molecule has 1 aromatic carbocycles. The first-order valence-electron chi connectivity index (χ1n) is 9.60. The summed E-state index contributed by atoms with van der Waals surface area (Å²) in [5, 5.41) is 2.95. The number of methoxy groups -OCH3 is 1. The SMILES string of the molecule is COc1ccc(N2CCN(c3cc(C(=O)NCCN(C)C)ccn3)CC2)cc1. The van der Waals surface area contributed by atoms with Crippen molar-refractivity contribution in [3.63, 3.8) is 0 Å². The Labute approximate surface area is 166 Å². The maximum Gasteiger partial charge on any atom is 0.251 e. The van der Waals surface area contributed by atoms with Crippen molar-refractivity contribution < 1.29 is 9.53 Å². The number of hydrogen-bond donors (Lipinski definition) is 1. The first-order valence-corrected chi connectivity index (χ1v) is 9.60. The third-order valence-electron chi connectivity index (χ3n) is 4.89. The van der Waals surface area contributed by atoms with Gasteiger partial charge in [-0.1, -0.05) is 0 Å². The number of likely N-dealkylation sites (N-methyl/N-ethyl adjacent to an activating group) is 1. The highest BCUT2D eigenvalue weighted by Crippen LogP contribution is 2.22. The largest absolute Gasteiger partial charge is 0.497 e. The predicted molar refractivity (Wildman–Crippen MR) is 113 cm³/mol. The molecule has 28 heavy (non-hydrogen) atoms. The average Bonchev–Trinajstić information content (AvgIpc) is 2.74. The molecule has 0 atom stereocenters. The Morgan fingerprint density at radius 2 is 1.79 bits per heavy atom. The summed E-state index contributed by atoms with van der Waals surface area (Å²) >= 11 is 0. The highest BCUT2D eigenvalue weighted by Gasteiger charge is 2.19. The lowest BCUT2D eigenvalue weighted by molar-refractivity contribution is 0.0951. The second kappa shape index (κ2) is 9.41. The summed E-state index contributed by atoms with van der Waals surface area (Å²) in [5.41, 5.74) is 1.85. The van der Waals surface area contributed by atoms with Gasteiger partial charge in [0.1, 0.15) is 11.6 Å². The van der Waals surface area contributed by atoms with Crippen LogP contribution in [-0.4, -0.2) is 76.3 Å². The van der Waals surface area contributed by atoms with Gasteiger partial charge in [0.2, 0.25) is 0 Å². The molecule has 0 spiro atoms. The molecule has 3 rings (SSSR count). The Morgan fingerprint density at radius 3 is 2.43 bits per heavy atom. The van der Waals surface area contributed by atoms with Gasteiger partial charge in [-0.3, -0.25) is 4.79 Å². The molecule has 1 aliphatic rings. The number of ether oxygens (including phenoxy) is 1. The minimum absolute atomic E-state index is 0.0534. The molecule has 1 amide bonds. The normalized spacial score (nSPS) is 14.3. The summed E-state index contributed by atoms with van der Waals surface area (Å²) in [4.78, 5) is 23.5. The Kier molecular flexibility index (Phi) is 6.71. The summed E-state index contributed by atoms with van der Waals surface area (Å²) in [7, 11) is 5.65. The molecule has 1 aromatic heterocycles.